The lowest BCUT2D eigenvalue weighted by Gasteiger charge is -2.16. The van der Waals surface area contributed by atoms with Gasteiger partial charge in [0.1, 0.15) is 0 Å². The van der Waals surface area contributed by atoms with Crippen molar-refractivity contribution in [1.29, 1.82) is 0 Å². The molecule has 0 atom stereocenters. The Kier molecular flexibility index (Phi) is 9.93. The topological polar surface area (TPSA) is 130 Å². The van der Waals surface area contributed by atoms with E-state index in [1.165, 1.54) is 0 Å². The Balaban J connectivity index is 1.49. The lowest BCUT2D eigenvalue weighted by molar-refractivity contribution is 0.594. The predicted octanol–water partition coefficient (Wildman–Crippen LogP) is 5.52. The van der Waals surface area contributed by atoms with Crippen molar-refractivity contribution in [1.82, 2.24) is 30.0 Å². The van der Waals surface area contributed by atoms with Gasteiger partial charge in [-0.25, -0.2) is 26.2 Å². The van der Waals surface area contributed by atoms with E-state index >= 15 is 0 Å². The number of hydrogen-bond donors (Lipinski definition) is 0. The van der Waals surface area contributed by atoms with E-state index in [0.29, 0.717) is 11.4 Å². The molecule has 0 N–H and O–H groups in total. The molecule has 0 bridgehead atoms. The van der Waals surface area contributed by atoms with Crippen molar-refractivity contribution in [2.24, 2.45) is 0 Å². The van der Waals surface area contributed by atoms with E-state index in [1.807, 2.05) is 0 Å². The summed E-state index contributed by atoms with van der Waals surface area (Å²) in [6, 6.07) is 16.7. The second-order valence-corrected chi connectivity index (χ2v) is 16.1. The lowest BCUT2D eigenvalue weighted by atomic mass is 10.0. The highest BCUT2D eigenvalue weighted by Gasteiger charge is 2.25. The molecule has 6 rings (SSSR count). The second-order valence-electron chi connectivity index (χ2n) is 12.1. The monoisotopic (exact) mass is 660 g/mol. The molecule has 0 radical (unpaired) electrons. The number of aromatic nitrogens is 6. The molecular weight excluding hydrogens is 621 g/mol. The molecule has 0 aliphatic heterocycles. The summed E-state index contributed by atoms with van der Waals surface area (Å²) in [5.74, 6) is -0.672. The minimum absolute atomic E-state index is 0.206. The third-order valence-electron chi connectivity index (χ3n) is 8.73. The van der Waals surface area contributed by atoms with Gasteiger partial charge in [0.25, 0.3) is 0 Å². The van der Waals surface area contributed by atoms with Gasteiger partial charge in [0.15, 0.2) is 19.7 Å². The van der Waals surface area contributed by atoms with Gasteiger partial charge in [0, 0.05) is 0 Å². The van der Waals surface area contributed by atoms with Crippen molar-refractivity contribution in [3.63, 3.8) is 0 Å². The first-order chi connectivity index (χ1) is 22.3. The Bertz CT molecular complexity index is 1790. The van der Waals surface area contributed by atoms with Crippen LogP contribution in [0.2, 0.25) is 0 Å². The van der Waals surface area contributed by atoms with E-state index < -0.39 is 19.7 Å². The Hall–Kier alpha value is -3.90. The van der Waals surface area contributed by atoms with Gasteiger partial charge < -0.3 is 0 Å². The third-order valence-corrected chi connectivity index (χ3v) is 12.1. The summed E-state index contributed by atoms with van der Waals surface area (Å²) in [6.07, 6.45) is 14.8. The average Bonchev–Trinajstić information content (AvgIpc) is 3.61. The maximum absolute atomic E-state index is 13.7. The van der Waals surface area contributed by atoms with Gasteiger partial charge in [0.2, 0.25) is 0 Å². The SMILES string of the molecule is O=S(=O)(C/C(=C/C=C(\CS(=O)(=O)c1ccccc1)n1nnc2c1CCCCCC2)n1nnc2c1CCCCCC2)c1ccccc1. The standard InChI is InChI=1S/C34H40N6O4S2/c41-45(42,29-15-7-5-8-16-29)25-27(39-33-21-13-3-1-11-19-31(33)35-37-39)23-24-28(26-46(43,44)30-17-9-6-10-18-30)40-34-22-14-4-2-12-20-32(34)36-38-40/h5-10,15-18,23-24H,1-4,11-14,19-22,25-26H2/b27-23-,28-24+. The van der Waals surface area contributed by atoms with Crippen molar-refractivity contribution in [3.05, 3.63) is 95.6 Å². The van der Waals surface area contributed by atoms with E-state index in [4.69, 9.17) is 0 Å². The fourth-order valence-electron chi connectivity index (χ4n) is 6.26. The molecule has 12 heteroatoms. The first-order valence-electron chi connectivity index (χ1n) is 16.1. The van der Waals surface area contributed by atoms with Gasteiger partial charge in [0.05, 0.1) is 55.5 Å². The van der Waals surface area contributed by atoms with Crippen molar-refractivity contribution in [3.8, 4) is 0 Å². The molecule has 46 heavy (non-hydrogen) atoms. The number of fused-ring (bicyclic) bond motifs is 2. The van der Waals surface area contributed by atoms with Crippen molar-refractivity contribution in [2.75, 3.05) is 11.5 Å². The molecule has 2 aliphatic carbocycles. The predicted molar refractivity (Wildman–Crippen MR) is 177 cm³/mol. The molecule has 10 nitrogen and oxygen atoms in total. The Morgan fingerprint density at radius 3 is 1.30 bits per heavy atom. The highest BCUT2D eigenvalue weighted by Crippen LogP contribution is 2.26. The molecule has 2 aromatic carbocycles. The fraction of sp³-hybridized carbons (Fsp3) is 0.412. The first-order valence-corrected chi connectivity index (χ1v) is 19.5. The zero-order chi connectivity index (χ0) is 32.0. The maximum Gasteiger partial charge on any atom is 0.184 e. The average molecular weight is 661 g/mol. The maximum atomic E-state index is 13.7. The molecule has 0 saturated heterocycles. The largest absolute Gasteiger partial charge is 0.223 e. The molecule has 4 aromatic rings. The van der Waals surface area contributed by atoms with Gasteiger partial charge in [-0.05, 0) is 87.8 Å². The number of sulfone groups is 2. The smallest absolute Gasteiger partial charge is 0.184 e. The zero-order valence-electron chi connectivity index (χ0n) is 26.0. The van der Waals surface area contributed by atoms with Crippen LogP contribution >= 0.6 is 0 Å². The van der Waals surface area contributed by atoms with E-state index in [-0.39, 0.29) is 21.3 Å². The highest BCUT2D eigenvalue weighted by molar-refractivity contribution is 7.92. The Labute approximate surface area is 271 Å². The van der Waals surface area contributed by atoms with Crippen LogP contribution in [-0.4, -0.2) is 58.3 Å². The van der Waals surface area contributed by atoms with Crippen LogP contribution in [0.5, 0.6) is 0 Å². The van der Waals surface area contributed by atoms with E-state index in [9.17, 15) is 16.8 Å². The minimum atomic E-state index is -3.77. The van der Waals surface area contributed by atoms with E-state index in [1.54, 1.807) is 82.2 Å². The number of benzene rings is 2. The summed E-state index contributed by atoms with van der Waals surface area (Å²) < 4.78 is 58.2. The van der Waals surface area contributed by atoms with Crippen LogP contribution < -0.4 is 0 Å². The van der Waals surface area contributed by atoms with Gasteiger partial charge in [-0.1, -0.05) is 72.5 Å². The fourth-order valence-corrected chi connectivity index (χ4v) is 8.95. The van der Waals surface area contributed by atoms with Gasteiger partial charge in [-0.2, -0.15) is 0 Å². The number of hydrogen-bond acceptors (Lipinski definition) is 8. The molecule has 242 valence electrons. The van der Waals surface area contributed by atoms with Crippen LogP contribution in [0, 0.1) is 0 Å². The van der Waals surface area contributed by atoms with Gasteiger partial charge >= 0.3 is 0 Å². The van der Waals surface area contributed by atoms with Crippen LogP contribution in [-0.2, 0) is 45.4 Å². The normalized spacial score (nSPS) is 16.9. The third kappa shape index (κ3) is 7.39. The van der Waals surface area contributed by atoms with Crippen molar-refractivity contribution >= 4 is 31.1 Å². The Morgan fingerprint density at radius 2 is 0.913 bits per heavy atom. The first kappa shape index (κ1) is 32.1. The van der Waals surface area contributed by atoms with Crippen LogP contribution in [0.25, 0.3) is 11.4 Å². The van der Waals surface area contributed by atoms with Gasteiger partial charge in [-0.15, -0.1) is 10.2 Å². The number of rotatable bonds is 9. The van der Waals surface area contributed by atoms with E-state index in [2.05, 4.69) is 20.6 Å². The zero-order valence-corrected chi connectivity index (χ0v) is 27.6. The van der Waals surface area contributed by atoms with Crippen LogP contribution in [0.1, 0.15) is 74.1 Å². The number of allylic oxidation sites excluding steroid dienone is 2. The molecule has 0 unspecified atom stereocenters. The summed E-state index contributed by atoms with van der Waals surface area (Å²) in [6.45, 7) is 0. The minimum Gasteiger partial charge on any atom is -0.223 e. The quantitative estimate of drug-likeness (QED) is 0.215. The molecule has 2 aromatic heterocycles. The second kappa shape index (κ2) is 14.3. The van der Waals surface area contributed by atoms with Crippen LogP contribution in [0.4, 0.5) is 0 Å². The summed E-state index contributed by atoms with van der Waals surface area (Å²) in [4.78, 5) is 0.412. The van der Waals surface area contributed by atoms with Crippen molar-refractivity contribution < 1.29 is 16.8 Å². The van der Waals surface area contributed by atoms with Gasteiger partial charge in [-0.3, -0.25) is 0 Å². The molecule has 2 aliphatic rings. The Morgan fingerprint density at radius 1 is 0.543 bits per heavy atom. The molecule has 0 amide bonds. The lowest BCUT2D eigenvalue weighted by Crippen LogP contribution is -2.17. The molecule has 0 saturated carbocycles. The summed E-state index contributed by atoms with van der Waals surface area (Å²) >= 11 is 0. The highest BCUT2D eigenvalue weighted by atomic mass is 32.2. The molecule has 0 fully saturated rings. The number of nitrogens with zero attached hydrogens (tertiary/aromatic N) is 6. The molecule has 0 spiro atoms. The van der Waals surface area contributed by atoms with Crippen molar-refractivity contribution in [2.45, 2.75) is 86.8 Å². The van der Waals surface area contributed by atoms with Crippen LogP contribution in [0.15, 0.2) is 82.6 Å². The number of aryl methyl sites for hydroxylation is 2. The summed E-state index contributed by atoms with van der Waals surface area (Å²) in [7, 11) is -7.54. The summed E-state index contributed by atoms with van der Waals surface area (Å²) in [5.41, 5.74) is 4.39. The molecular formula is C34H40N6O4S2. The van der Waals surface area contributed by atoms with Crippen LogP contribution in [0.3, 0.4) is 0 Å². The molecule has 2 heterocycles. The summed E-state index contributed by atoms with van der Waals surface area (Å²) in [5, 5.41) is 17.9. The van der Waals surface area contributed by atoms with E-state index in [0.717, 1.165) is 99.8 Å².